The molecule has 1 saturated heterocycles. The van der Waals surface area contributed by atoms with Crippen molar-refractivity contribution in [3.8, 4) is 0 Å². The minimum Gasteiger partial charge on any atom is -0.383 e. The molecular formula is C12H20N2O4. The molecule has 18 heavy (non-hydrogen) atoms. The highest BCUT2D eigenvalue weighted by Crippen LogP contribution is 2.21. The molecule has 1 N–H and O–H groups in total. The van der Waals surface area contributed by atoms with E-state index in [1.807, 2.05) is 6.92 Å². The van der Waals surface area contributed by atoms with Gasteiger partial charge in [0, 0.05) is 7.11 Å². The zero-order valence-corrected chi connectivity index (χ0v) is 11.2. The molecule has 0 spiro atoms. The summed E-state index contributed by atoms with van der Waals surface area (Å²) in [4.78, 5) is 36.8. The number of carbonyl (C=O) groups excluding carboxylic acids is 3. The summed E-state index contributed by atoms with van der Waals surface area (Å²) in [5.41, 5.74) is 0. The van der Waals surface area contributed by atoms with Crippen LogP contribution in [0.3, 0.4) is 0 Å². The molecule has 0 bridgehead atoms. The average molecular weight is 256 g/mol. The Balaban J connectivity index is 2.99. The molecule has 0 aliphatic carbocycles. The van der Waals surface area contributed by atoms with Crippen LogP contribution in [0.25, 0.3) is 0 Å². The van der Waals surface area contributed by atoms with Crippen molar-refractivity contribution in [2.75, 3.05) is 13.7 Å². The van der Waals surface area contributed by atoms with Gasteiger partial charge in [0.1, 0.15) is 5.92 Å². The van der Waals surface area contributed by atoms with E-state index in [0.29, 0.717) is 6.42 Å². The predicted octanol–water partition coefficient (Wildman–Crippen LogP) is 0.762. The molecule has 1 aliphatic rings. The summed E-state index contributed by atoms with van der Waals surface area (Å²) in [7, 11) is 1.51. The molecule has 0 saturated carbocycles. The van der Waals surface area contributed by atoms with E-state index in [-0.39, 0.29) is 18.6 Å². The second-order valence-electron chi connectivity index (χ2n) is 4.74. The van der Waals surface area contributed by atoms with Gasteiger partial charge in [0.2, 0.25) is 11.8 Å². The normalized spacial score (nSPS) is 22.4. The molecule has 102 valence electrons. The molecule has 1 rings (SSSR count). The third-order valence-corrected chi connectivity index (χ3v) is 3.10. The van der Waals surface area contributed by atoms with Crippen LogP contribution in [0, 0.1) is 11.8 Å². The van der Waals surface area contributed by atoms with Gasteiger partial charge in [-0.1, -0.05) is 20.8 Å². The molecule has 6 heteroatoms. The van der Waals surface area contributed by atoms with E-state index in [9.17, 15) is 14.4 Å². The summed E-state index contributed by atoms with van der Waals surface area (Å²) in [6.45, 7) is 5.71. The summed E-state index contributed by atoms with van der Waals surface area (Å²) >= 11 is 0. The molecule has 1 fully saturated rings. The maximum atomic E-state index is 12.3. The Kier molecular flexibility index (Phi) is 4.84. The number of carbonyl (C=O) groups is 3. The Labute approximate surface area is 107 Å². The fourth-order valence-electron chi connectivity index (χ4n) is 2.11. The van der Waals surface area contributed by atoms with Crippen molar-refractivity contribution >= 4 is 17.8 Å². The van der Waals surface area contributed by atoms with E-state index < -0.39 is 23.8 Å². The van der Waals surface area contributed by atoms with Crippen molar-refractivity contribution in [1.29, 1.82) is 0 Å². The molecule has 1 aliphatic heterocycles. The van der Waals surface area contributed by atoms with E-state index in [1.165, 1.54) is 7.11 Å². The van der Waals surface area contributed by atoms with Crippen LogP contribution in [-0.2, 0) is 14.3 Å². The van der Waals surface area contributed by atoms with E-state index in [4.69, 9.17) is 4.74 Å². The largest absolute Gasteiger partial charge is 0.383 e. The van der Waals surface area contributed by atoms with Gasteiger partial charge in [-0.3, -0.25) is 19.8 Å². The third-order valence-electron chi connectivity index (χ3n) is 3.10. The van der Waals surface area contributed by atoms with Crippen LogP contribution in [0.5, 0.6) is 0 Å². The predicted molar refractivity (Wildman–Crippen MR) is 64.7 cm³/mol. The SMILES string of the molecule is CCC(COC)N1C(=O)NC(=O)C(C(C)C)C1=O. The molecule has 2 atom stereocenters. The molecular weight excluding hydrogens is 236 g/mol. The fourth-order valence-corrected chi connectivity index (χ4v) is 2.11. The summed E-state index contributed by atoms with van der Waals surface area (Å²) in [5.74, 6) is -1.88. The number of hydrogen-bond acceptors (Lipinski definition) is 4. The number of urea groups is 1. The first-order chi connectivity index (χ1) is 8.43. The van der Waals surface area contributed by atoms with E-state index in [0.717, 1.165) is 4.90 Å². The molecule has 6 nitrogen and oxygen atoms in total. The number of ether oxygens (including phenoxy) is 1. The average Bonchev–Trinajstić information content (AvgIpc) is 2.26. The highest BCUT2D eigenvalue weighted by molar-refractivity contribution is 6.16. The quantitative estimate of drug-likeness (QED) is 0.737. The zero-order chi connectivity index (χ0) is 13.9. The van der Waals surface area contributed by atoms with Crippen molar-refractivity contribution < 1.29 is 19.1 Å². The highest BCUT2D eigenvalue weighted by atomic mass is 16.5. The van der Waals surface area contributed by atoms with Crippen molar-refractivity contribution in [3.05, 3.63) is 0 Å². The lowest BCUT2D eigenvalue weighted by Crippen LogP contribution is -2.62. The van der Waals surface area contributed by atoms with Gasteiger partial charge in [-0.15, -0.1) is 0 Å². The zero-order valence-electron chi connectivity index (χ0n) is 11.2. The lowest BCUT2D eigenvalue weighted by atomic mass is 9.91. The summed E-state index contributed by atoms with van der Waals surface area (Å²) < 4.78 is 5.01. The standard InChI is InChI=1S/C12H20N2O4/c1-5-8(6-18-4)14-11(16)9(7(2)3)10(15)13-12(14)17/h7-9H,5-6H2,1-4H3,(H,13,15,17). The molecule has 0 radical (unpaired) electrons. The molecule has 4 amide bonds. The lowest BCUT2D eigenvalue weighted by Gasteiger charge is -2.36. The Morgan fingerprint density at radius 1 is 1.33 bits per heavy atom. The van der Waals surface area contributed by atoms with Crippen molar-refractivity contribution in [1.82, 2.24) is 10.2 Å². The first-order valence-electron chi connectivity index (χ1n) is 6.10. The smallest absolute Gasteiger partial charge is 0.331 e. The number of nitrogens with zero attached hydrogens (tertiary/aromatic N) is 1. The van der Waals surface area contributed by atoms with Crippen LogP contribution in [0.4, 0.5) is 4.79 Å². The van der Waals surface area contributed by atoms with E-state index in [1.54, 1.807) is 13.8 Å². The van der Waals surface area contributed by atoms with Crippen LogP contribution in [0.1, 0.15) is 27.2 Å². The van der Waals surface area contributed by atoms with E-state index in [2.05, 4.69) is 5.32 Å². The second kappa shape index (κ2) is 5.95. The Morgan fingerprint density at radius 3 is 2.39 bits per heavy atom. The van der Waals surface area contributed by atoms with Crippen LogP contribution < -0.4 is 5.32 Å². The lowest BCUT2D eigenvalue weighted by molar-refractivity contribution is -0.146. The Bertz CT molecular complexity index is 354. The summed E-state index contributed by atoms with van der Waals surface area (Å²) in [5, 5.41) is 2.24. The minimum atomic E-state index is -0.798. The number of methoxy groups -OCH3 is 1. The summed E-state index contributed by atoms with van der Waals surface area (Å²) in [6.07, 6.45) is 0.589. The highest BCUT2D eigenvalue weighted by Gasteiger charge is 2.44. The molecule has 0 aromatic rings. The number of hydrogen-bond donors (Lipinski definition) is 1. The van der Waals surface area contributed by atoms with Crippen LogP contribution in [-0.4, -0.2) is 42.5 Å². The summed E-state index contributed by atoms with van der Waals surface area (Å²) in [6, 6.07) is -0.984. The number of imide groups is 2. The first kappa shape index (κ1) is 14.6. The van der Waals surface area contributed by atoms with Crippen LogP contribution >= 0.6 is 0 Å². The third kappa shape index (κ3) is 2.69. The monoisotopic (exact) mass is 256 g/mol. The van der Waals surface area contributed by atoms with Crippen molar-refractivity contribution in [2.45, 2.75) is 33.2 Å². The van der Waals surface area contributed by atoms with Gasteiger partial charge in [-0.25, -0.2) is 4.79 Å². The van der Waals surface area contributed by atoms with Crippen molar-refractivity contribution in [3.63, 3.8) is 0 Å². The minimum absolute atomic E-state index is 0.145. The topological polar surface area (TPSA) is 75.7 Å². The van der Waals surface area contributed by atoms with Gasteiger partial charge in [0.15, 0.2) is 0 Å². The number of nitrogens with one attached hydrogen (secondary N) is 1. The number of rotatable bonds is 5. The molecule has 0 aromatic carbocycles. The Morgan fingerprint density at radius 2 is 1.94 bits per heavy atom. The number of barbiturate groups is 1. The maximum Gasteiger partial charge on any atom is 0.331 e. The molecule has 2 unspecified atom stereocenters. The first-order valence-corrected chi connectivity index (χ1v) is 6.10. The van der Waals surface area contributed by atoms with Gasteiger partial charge in [0.25, 0.3) is 0 Å². The van der Waals surface area contributed by atoms with Crippen LogP contribution in [0.15, 0.2) is 0 Å². The van der Waals surface area contributed by atoms with E-state index >= 15 is 0 Å². The van der Waals surface area contributed by atoms with Crippen molar-refractivity contribution in [2.24, 2.45) is 11.8 Å². The van der Waals surface area contributed by atoms with Gasteiger partial charge in [-0.2, -0.15) is 0 Å². The number of amides is 4. The maximum absolute atomic E-state index is 12.3. The molecule has 0 aromatic heterocycles. The van der Waals surface area contributed by atoms with Gasteiger partial charge < -0.3 is 4.74 Å². The Hall–Kier alpha value is -1.43. The van der Waals surface area contributed by atoms with Crippen LogP contribution in [0.2, 0.25) is 0 Å². The fraction of sp³-hybridized carbons (Fsp3) is 0.750. The van der Waals surface area contributed by atoms with Gasteiger partial charge >= 0.3 is 6.03 Å². The molecule has 1 heterocycles. The second-order valence-corrected chi connectivity index (χ2v) is 4.74. The van der Waals surface area contributed by atoms with Gasteiger partial charge in [-0.05, 0) is 12.3 Å². The van der Waals surface area contributed by atoms with Gasteiger partial charge in [0.05, 0.1) is 12.6 Å².